The van der Waals surface area contributed by atoms with Gasteiger partial charge in [0.2, 0.25) is 0 Å². The van der Waals surface area contributed by atoms with Crippen LogP contribution in [0.2, 0.25) is 0 Å². The monoisotopic (exact) mass is 217 g/mol. The summed E-state index contributed by atoms with van der Waals surface area (Å²) in [6.45, 7) is 3.56. The second kappa shape index (κ2) is 3.50. The van der Waals surface area contributed by atoms with Crippen LogP contribution in [-0.4, -0.2) is 17.3 Å². The smallest absolute Gasteiger partial charge is 0.123 e. The van der Waals surface area contributed by atoms with E-state index in [9.17, 15) is 10.4 Å². The van der Waals surface area contributed by atoms with Gasteiger partial charge < -0.3 is 9.84 Å². The van der Waals surface area contributed by atoms with Crippen LogP contribution in [0.15, 0.2) is 24.3 Å². The standard InChI is InChI=1S/C13H15NO2/c1-12(2,15)13(8-14)7-10-5-3-4-6-11(10)16-9-13/h3-6,15H,7,9H2,1-2H3. The van der Waals surface area contributed by atoms with Crippen molar-refractivity contribution in [3.63, 3.8) is 0 Å². The van der Waals surface area contributed by atoms with Gasteiger partial charge in [0.05, 0.1) is 11.7 Å². The van der Waals surface area contributed by atoms with Gasteiger partial charge in [0.1, 0.15) is 17.8 Å². The minimum Gasteiger partial charge on any atom is -0.492 e. The minimum absolute atomic E-state index is 0.240. The quantitative estimate of drug-likeness (QED) is 0.781. The Morgan fingerprint density at radius 2 is 2.12 bits per heavy atom. The summed E-state index contributed by atoms with van der Waals surface area (Å²) in [5.41, 5.74) is -0.950. The predicted molar refractivity (Wildman–Crippen MR) is 60.0 cm³/mol. The van der Waals surface area contributed by atoms with E-state index in [-0.39, 0.29) is 6.61 Å². The number of benzene rings is 1. The number of para-hydroxylation sites is 1. The molecule has 0 spiro atoms. The predicted octanol–water partition coefficient (Wildman–Crippen LogP) is 1.90. The van der Waals surface area contributed by atoms with Gasteiger partial charge in [-0.1, -0.05) is 18.2 Å². The van der Waals surface area contributed by atoms with E-state index in [0.717, 1.165) is 11.3 Å². The first-order valence-electron chi connectivity index (χ1n) is 5.33. The summed E-state index contributed by atoms with van der Waals surface area (Å²) < 4.78 is 5.57. The van der Waals surface area contributed by atoms with E-state index in [0.29, 0.717) is 6.42 Å². The average molecular weight is 217 g/mol. The summed E-state index contributed by atoms with van der Waals surface area (Å²) in [4.78, 5) is 0. The number of fused-ring (bicyclic) bond motifs is 1. The normalized spacial score (nSPS) is 24.1. The Kier molecular flexibility index (Phi) is 2.40. The van der Waals surface area contributed by atoms with Gasteiger partial charge >= 0.3 is 0 Å². The van der Waals surface area contributed by atoms with Crippen LogP contribution in [-0.2, 0) is 6.42 Å². The fourth-order valence-corrected chi connectivity index (χ4v) is 1.97. The molecule has 16 heavy (non-hydrogen) atoms. The number of rotatable bonds is 1. The molecule has 3 nitrogen and oxygen atoms in total. The Morgan fingerprint density at radius 1 is 1.44 bits per heavy atom. The third-order valence-electron chi connectivity index (χ3n) is 3.32. The highest BCUT2D eigenvalue weighted by Crippen LogP contribution is 2.41. The highest BCUT2D eigenvalue weighted by atomic mass is 16.5. The molecular weight excluding hydrogens is 202 g/mol. The molecule has 0 saturated carbocycles. The molecule has 0 bridgehead atoms. The Hall–Kier alpha value is -1.53. The molecular formula is C13H15NO2. The van der Waals surface area contributed by atoms with E-state index < -0.39 is 11.0 Å². The molecule has 0 amide bonds. The molecule has 1 atom stereocenters. The first kappa shape index (κ1) is 11.0. The summed E-state index contributed by atoms with van der Waals surface area (Å²) in [6.07, 6.45) is 0.531. The fraction of sp³-hybridized carbons (Fsp3) is 0.462. The maximum atomic E-state index is 10.1. The summed E-state index contributed by atoms with van der Waals surface area (Å²) in [7, 11) is 0. The van der Waals surface area contributed by atoms with Gasteiger partial charge in [-0.2, -0.15) is 5.26 Å². The van der Waals surface area contributed by atoms with E-state index in [2.05, 4.69) is 6.07 Å². The van der Waals surface area contributed by atoms with Gasteiger partial charge in [-0.25, -0.2) is 0 Å². The molecule has 0 aliphatic carbocycles. The van der Waals surface area contributed by atoms with Crippen molar-refractivity contribution >= 4 is 0 Å². The lowest BCUT2D eigenvalue weighted by molar-refractivity contribution is -0.0520. The lowest BCUT2D eigenvalue weighted by Gasteiger charge is -2.40. The zero-order valence-electron chi connectivity index (χ0n) is 9.53. The molecule has 1 unspecified atom stereocenters. The molecule has 0 radical (unpaired) electrons. The maximum Gasteiger partial charge on any atom is 0.123 e. The van der Waals surface area contributed by atoms with Gasteiger partial charge in [-0.05, 0) is 25.5 Å². The maximum absolute atomic E-state index is 10.1. The summed E-state index contributed by atoms with van der Waals surface area (Å²) in [5, 5.41) is 19.4. The molecule has 1 aliphatic heterocycles. The van der Waals surface area contributed by atoms with E-state index in [1.807, 2.05) is 24.3 Å². The number of hydrogen-bond donors (Lipinski definition) is 1. The van der Waals surface area contributed by atoms with Crippen molar-refractivity contribution in [1.29, 1.82) is 5.26 Å². The Labute approximate surface area is 95.3 Å². The zero-order valence-corrected chi connectivity index (χ0v) is 9.53. The lowest BCUT2D eigenvalue weighted by Crippen LogP contribution is -2.50. The van der Waals surface area contributed by atoms with Gasteiger partial charge in [0, 0.05) is 6.42 Å². The Balaban J connectivity index is 2.41. The van der Waals surface area contributed by atoms with E-state index in [1.165, 1.54) is 0 Å². The Morgan fingerprint density at radius 3 is 2.75 bits per heavy atom. The number of nitriles is 1. The fourth-order valence-electron chi connectivity index (χ4n) is 1.97. The van der Waals surface area contributed by atoms with Crippen LogP contribution in [0, 0.1) is 16.7 Å². The molecule has 1 aromatic rings. The van der Waals surface area contributed by atoms with Crippen LogP contribution in [0.4, 0.5) is 0 Å². The van der Waals surface area contributed by atoms with Crippen LogP contribution in [0.3, 0.4) is 0 Å². The van der Waals surface area contributed by atoms with Gasteiger partial charge in [0.15, 0.2) is 0 Å². The van der Waals surface area contributed by atoms with Crippen molar-refractivity contribution in [3.05, 3.63) is 29.8 Å². The summed E-state index contributed by atoms with van der Waals surface area (Å²) in [6, 6.07) is 9.87. The highest BCUT2D eigenvalue weighted by Gasteiger charge is 2.47. The van der Waals surface area contributed by atoms with Crippen molar-refractivity contribution in [2.45, 2.75) is 25.9 Å². The zero-order chi connectivity index (χ0) is 11.8. The average Bonchev–Trinajstić information content (AvgIpc) is 2.27. The van der Waals surface area contributed by atoms with Crippen LogP contribution < -0.4 is 4.74 Å². The second-order valence-electron chi connectivity index (χ2n) is 4.83. The SMILES string of the molecule is CC(C)(O)C1(C#N)COc2ccccc2C1. The molecule has 1 N–H and O–H groups in total. The summed E-state index contributed by atoms with van der Waals surface area (Å²) >= 11 is 0. The lowest BCUT2D eigenvalue weighted by atomic mass is 9.70. The van der Waals surface area contributed by atoms with Crippen molar-refractivity contribution in [2.75, 3.05) is 6.61 Å². The van der Waals surface area contributed by atoms with Crippen LogP contribution in [0.25, 0.3) is 0 Å². The van der Waals surface area contributed by atoms with E-state index in [1.54, 1.807) is 13.8 Å². The number of hydrogen-bond acceptors (Lipinski definition) is 3. The third-order valence-corrected chi connectivity index (χ3v) is 3.32. The molecule has 84 valence electrons. The van der Waals surface area contributed by atoms with Crippen LogP contribution in [0.5, 0.6) is 5.75 Å². The van der Waals surface area contributed by atoms with Gasteiger partial charge in [0.25, 0.3) is 0 Å². The highest BCUT2D eigenvalue weighted by molar-refractivity contribution is 5.38. The first-order chi connectivity index (χ1) is 7.48. The molecule has 0 saturated heterocycles. The molecule has 0 aromatic heterocycles. The molecule has 3 heteroatoms. The van der Waals surface area contributed by atoms with Crippen molar-refractivity contribution in [2.24, 2.45) is 5.41 Å². The van der Waals surface area contributed by atoms with E-state index >= 15 is 0 Å². The minimum atomic E-state index is -1.07. The number of aliphatic hydroxyl groups is 1. The van der Waals surface area contributed by atoms with Gasteiger partial charge in [-0.15, -0.1) is 0 Å². The van der Waals surface area contributed by atoms with Gasteiger partial charge in [-0.3, -0.25) is 0 Å². The summed E-state index contributed by atoms with van der Waals surface area (Å²) in [5.74, 6) is 0.817. The molecule has 1 aliphatic rings. The van der Waals surface area contributed by atoms with Crippen molar-refractivity contribution < 1.29 is 9.84 Å². The topological polar surface area (TPSA) is 53.2 Å². The first-order valence-corrected chi connectivity index (χ1v) is 5.33. The molecule has 1 aromatic carbocycles. The van der Waals surface area contributed by atoms with Crippen LogP contribution in [0.1, 0.15) is 19.4 Å². The van der Waals surface area contributed by atoms with E-state index in [4.69, 9.17) is 4.74 Å². The number of nitrogens with zero attached hydrogens (tertiary/aromatic N) is 1. The number of ether oxygens (including phenoxy) is 1. The van der Waals surface area contributed by atoms with Crippen molar-refractivity contribution in [1.82, 2.24) is 0 Å². The molecule has 1 heterocycles. The van der Waals surface area contributed by atoms with Crippen LogP contribution >= 0.6 is 0 Å². The third kappa shape index (κ3) is 1.56. The molecule has 0 fully saturated rings. The Bertz CT molecular complexity index is 442. The largest absolute Gasteiger partial charge is 0.492 e. The second-order valence-corrected chi connectivity index (χ2v) is 4.83. The molecule has 2 rings (SSSR count). The van der Waals surface area contributed by atoms with Crippen molar-refractivity contribution in [3.8, 4) is 11.8 Å².